The lowest BCUT2D eigenvalue weighted by molar-refractivity contribution is 0.592. The molecule has 0 bridgehead atoms. The third kappa shape index (κ3) is 3.12. The number of hydrogen-bond acceptors (Lipinski definition) is 2. The Bertz CT molecular complexity index is 538. The molecule has 2 nitrogen and oxygen atoms in total. The number of rotatable bonds is 4. The van der Waals surface area contributed by atoms with E-state index < -0.39 is 0 Å². The van der Waals surface area contributed by atoms with E-state index in [1.165, 1.54) is 11.6 Å². The summed E-state index contributed by atoms with van der Waals surface area (Å²) in [5.74, 6) is -0.243. The van der Waals surface area contributed by atoms with Gasteiger partial charge in [0.15, 0.2) is 0 Å². The highest BCUT2D eigenvalue weighted by atomic mass is 19.1. The molecule has 2 aromatic carbocycles. The molecular formula is C16H19FN2. The molecule has 3 heteroatoms. The van der Waals surface area contributed by atoms with Gasteiger partial charge in [0, 0.05) is 30.9 Å². The summed E-state index contributed by atoms with van der Waals surface area (Å²) < 4.78 is 13.9. The molecular weight excluding hydrogens is 239 g/mol. The number of nitrogens with two attached hydrogens (primary N) is 1. The second kappa shape index (κ2) is 5.85. The predicted octanol–water partition coefficient (Wildman–Crippen LogP) is 3.48. The van der Waals surface area contributed by atoms with Crippen LogP contribution in [0.2, 0.25) is 0 Å². The second-order valence-corrected chi connectivity index (χ2v) is 4.80. The Kier molecular flexibility index (Phi) is 4.17. The van der Waals surface area contributed by atoms with Gasteiger partial charge in [-0.25, -0.2) is 4.39 Å². The lowest BCUT2D eigenvalue weighted by Gasteiger charge is -2.24. The SMILES string of the molecule is C[C@@H](N)c1c(F)cccc1N(C)Cc1ccccc1. The summed E-state index contributed by atoms with van der Waals surface area (Å²) in [5, 5.41) is 0. The largest absolute Gasteiger partial charge is 0.370 e. The zero-order valence-corrected chi connectivity index (χ0v) is 11.3. The molecule has 2 N–H and O–H groups in total. The molecule has 19 heavy (non-hydrogen) atoms. The van der Waals surface area contributed by atoms with Crippen molar-refractivity contribution in [1.82, 2.24) is 0 Å². The molecule has 0 saturated heterocycles. The van der Waals surface area contributed by atoms with Crippen molar-refractivity contribution in [3.63, 3.8) is 0 Å². The Balaban J connectivity index is 2.29. The van der Waals surface area contributed by atoms with Crippen LogP contribution in [0.4, 0.5) is 10.1 Å². The van der Waals surface area contributed by atoms with Crippen LogP contribution in [0.1, 0.15) is 24.1 Å². The summed E-state index contributed by atoms with van der Waals surface area (Å²) in [6.07, 6.45) is 0. The van der Waals surface area contributed by atoms with Crippen molar-refractivity contribution in [3.8, 4) is 0 Å². The van der Waals surface area contributed by atoms with E-state index in [9.17, 15) is 4.39 Å². The predicted molar refractivity (Wildman–Crippen MR) is 77.6 cm³/mol. The average molecular weight is 258 g/mol. The van der Waals surface area contributed by atoms with E-state index >= 15 is 0 Å². The molecule has 0 aromatic heterocycles. The Morgan fingerprint density at radius 1 is 1.11 bits per heavy atom. The third-order valence-corrected chi connectivity index (χ3v) is 3.16. The topological polar surface area (TPSA) is 29.3 Å². The van der Waals surface area contributed by atoms with Crippen LogP contribution in [0.15, 0.2) is 48.5 Å². The zero-order valence-electron chi connectivity index (χ0n) is 11.3. The van der Waals surface area contributed by atoms with E-state index in [0.29, 0.717) is 5.56 Å². The van der Waals surface area contributed by atoms with E-state index in [1.54, 1.807) is 13.0 Å². The molecule has 100 valence electrons. The molecule has 2 rings (SSSR count). The average Bonchev–Trinajstić information content (AvgIpc) is 2.39. The second-order valence-electron chi connectivity index (χ2n) is 4.80. The molecule has 0 heterocycles. The molecule has 0 aliphatic heterocycles. The fourth-order valence-corrected chi connectivity index (χ4v) is 2.25. The van der Waals surface area contributed by atoms with Crippen LogP contribution in [-0.2, 0) is 6.54 Å². The summed E-state index contributed by atoms with van der Waals surface area (Å²) in [6.45, 7) is 2.53. The Hall–Kier alpha value is -1.87. The standard InChI is InChI=1S/C16H19FN2/c1-12(18)16-14(17)9-6-10-15(16)19(2)11-13-7-4-3-5-8-13/h3-10,12H,11,18H2,1-2H3/t12-/m1/s1. The Labute approximate surface area is 113 Å². The molecule has 1 atom stereocenters. The molecule has 0 aliphatic carbocycles. The third-order valence-electron chi connectivity index (χ3n) is 3.16. The van der Waals surface area contributed by atoms with Gasteiger partial charge in [0.05, 0.1) is 0 Å². The van der Waals surface area contributed by atoms with Crippen LogP contribution >= 0.6 is 0 Å². The van der Waals surface area contributed by atoms with Crippen molar-refractivity contribution in [2.75, 3.05) is 11.9 Å². The van der Waals surface area contributed by atoms with E-state index in [4.69, 9.17) is 5.73 Å². The lowest BCUT2D eigenvalue weighted by Crippen LogP contribution is -2.21. The highest BCUT2D eigenvalue weighted by Crippen LogP contribution is 2.28. The van der Waals surface area contributed by atoms with Gasteiger partial charge in [-0.15, -0.1) is 0 Å². The minimum atomic E-state index is -0.325. The summed E-state index contributed by atoms with van der Waals surface area (Å²) >= 11 is 0. The van der Waals surface area contributed by atoms with E-state index in [0.717, 1.165) is 12.2 Å². The first-order chi connectivity index (χ1) is 9.09. The van der Waals surface area contributed by atoms with Gasteiger partial charge in [-0.05, 0) is 24.6 Å². The van der Waals surface area contributed by atoms with E-state index in [2.05, 4.69) is 12.1 Å². The fraction of sp³-hybridized carbons (Fsp3) is 0.250. The van der Waals surface area contributed by atoms with Crippen LogP contribution in [0, 0.1) is 5.82 Å². The van der Waals surface area contributed by atoms with Crippen molar-refractivity contribution in [2.45, 2.75) is 19.5 Å². The molecule has 0 spiro atoms. The molecule has 0 aliphatic rings. The highest BCUT2D eigenvalue weighted by Gasteiger charge is 2.15. The first-order valence-electron chi connectivity index (χ1n) is 6.38. The van der Waals surface area contributed by atoms with Crippen LogP contribution in [0.25, 0.3) is 0 Å². The summed E-state index contributed by atoms with van der Waals surface area (Å²) in [6, 6.07) is 14.9. The van der Waals surface area contributed by atoms with Gasteiger partial charge >= 0.3 is 0 Å². The maximum absolute atomic E-state index is 13.9. The van der Waals surface area contributed by atoms with Crippen LogP contribution in [0.5, 0.6) is 0 Å². The normalized spacial score (nSPS) is 12.2. The highest BCUT2D eigenvalue weighted by molar-refractivity contribution is 5.55. The van der Waals surface area contributed by atoms with Gasteiger partial charge in [0.1, 0.15) is 5.82 Å². The number of anilines is 1. The van der Waals surface area contributed by atoms with Crippen molar-refractivity contribution in [3.05, 3.63) is 65.5 Å². The van der Waals surface area contributed by atoms with Crippen molar-refractivity contribution in [1.29, 1.82) is 0 Å². The van der Waals surface area contributed by atoms with Gasteiger partial charge in [-0.3, -0.25) is 0 Å². The minimum absolute atomic E-state index is 0.243. The Morgan fingerprint density at radius 2 is 1.79 bits per heavy atom. The first-order valence-corrected chi connectivity index (χ1v) is 6.38. The monoisotopic (exact) mass is 258 g/mol. The molecule has 0 fully saturated rings. The minimum Gasteiger partial charge on any atom is -0.370 e. The van der Waals surface area contributed by atoms with Crippen LogP contribution in [0.3, 0.4) is 0 Å². The first kappa shape index (κ1) is 13.6. The van der Waals surface area contributed by atoms with Gasteiger partial charge in [0.2, 0.25) is 0 Å². The maximum Gasteiger partial charge on any atom is 0.130 e. The smallest absolute Gasteiger partial charge is 0.130 e. The van der Waals surface area contributed by atoms with Crippen molar-refractivity contribution < 1.29 is 4.39 Å². The lowest BCUT2D eigenvalue weighted by atomic mass is 10.0. The molecule has 0 saturated carbocycles. The molecule has 2 aromatic rings. The molecule has 0 unspecified atom stereocenters. The van der Waals surface area contributed by atoms with Gasteiger partial charge in [-0.2, -0.15) is 0 Å². The summed E-state index contributed by atoms with van der Waals surface area (Å²) in [7, 11) is 1.95. The summed E-state index contributed by atoms with van der Waals surface area (Å²) in [4.78, 5) is 2.02. The van der Waals surface area contributed by atoms with Crippen LogP contribution in [-0.4, -0.2) is 7.05 Å². The number of hydrogen-bond donors (Lipinski definition) is 1. The fourth-order valence-electron chi connectivity index (χ4n) is 2.25. The summed E-state index contributed by atoms with van der Waals surface area (Å²) in [5.41, 5.74) is 8.48. The molecule has 0 radical (unpaired) electrons. The number of nitrogens with zero attached hydrogens (tertiary/aromatic N) is 1. The van der Waals surface area contributed by atoms with Crippen molar-refractivity contribution >= 4 is 5.69 Å². The maximum atomic E-state index is 13.9. The van der Waals surface area contributed by atoms with Crippen molar-refractivity contribution in [2.24, 2.45) is 5.73 Å². The van der Waals surface area contributed by atoms with Gasteiger partial charge in [-0.1, -0.05) is 36.4 Å². The van der Waals surface area contributed by atoms with E-state index in [-0.39, 0.29) is 11.9 Å². The number of benzene rings is 2. The Morgan fingerprint density at radius 3 is 2.42 bits per heavy atom. The molecule has 0 amide bonds. The van der Waals surface area contributed by atoms with Gasteiger partial charge in [0.25, 0.3) is 0 Å². The quantitative estimate of drug-likeness (QED) is 0.909. The zero-order chi connectivity index (χ0) is 13.8. The number of halogens is 1. The van der Waals surface area contributed by atoms with Crippen LogP contribution < -0.4 is 10.6 Å². The van der Waals surface area contributed by atoms with E-state index in [1.807, 2.05) is 36.2 Å². The van der Waals surface area contributed by atoms with Gasteiger partial charge < -0.3 is 10.6 Å².